The third-order valence-electron chi connectivity index (χ3n) is 3.65. The number of carbonyl (C=O) groups excluding carboxylic acids is 1. The number of ether oxygens (including phenoxy) is 1. The van der Waals surface area contributed by atoms with Gasteiger partial charge < -0.3 is 10.1 Å². The Morgan fingerprint density at radius 3 is 2.92 bits per heavy atom. The van der Waals surface area contributed by atoms with Gasteiger partial charge in [0.25, 0.3) is 5.91 Å². The fourth-order valence-corrected chi connectivity index (χ4v) is 2.45. The number of nitrogens with zero attached hydrogens (tertiary/aromatic N) is 4. The Balaban J connectivity index is 1.58. The first-order valence-corrected chi connectivity index (χ1v) is 7.58. The topological polar surface area (TPSA) is 81.9 Å². The van der Waals surface area contributed by atoms with E-state index < -0.39 is 0 Å². The van der Waals surface area contributed by atoms with E-state index in [0.29, 0.717) is 17.0 Å². The van der Waals surface area contributed by atoms with Crippen molar-refractivity contribution in [3.05, 3.63) is 78.3 Å². The maximum atomic E-state index is 12.6. The van der Waals surface area contributed by atoms with Crippen LogP contribution < -0.4 is 10.1 Å². The molecule has 0 bridgehead atoms. The number of amides is 1. The van der Waals surface area contributed by atoms with Gasteiger partial charge in [-0.2, -0.15) is 0 Å². The summed E-state index contributed by atoms with van der Waals surface area (Å²) >= 11 is 0. The second-order valence-corrected chi connectivity index (χ2v) is 5.32. The van der Waals surface area contributed by atoms with E-state index in [4.69, 9.17) is 4.74 Å². The van der Waals surface area contributed by atoms with E-state index in [1.807, 2.05) is 36.4 Å². The molecule has 1 aromatic heterocycles. The minimum absolute atomic E-state index is 0.231. The molecule has 0 saturated heterocycles. The van der Waals surface area contributed by atoms with Crippen molar-refractivity contribution >= 4 is 17.7 Å². The summed E-state index contributed by atoms with van der Waals surface area (Å²) in [7, 11) is 0. The predicted octanol–water partition coefficient (Wildman–Crippen LogP) is 2.59. The highest BCUT2D eigenvalue weighted by molar-refractivity contribution is 6.09. The molecule has 2 aromatic carbocycles. The van der Waals surface area contributed by atoms with Crippen molar-refractivity contribution in [1.82, 2.24) is 20.2 Å². The highest BCUT2D eigenvalue weighted by Gasteiger charge is 2.12. The number of tetrazole rings is 1. The molecule has 0 unspecified atom stereocenters. The Hall–Kier alpha value is -3.74. The van der Waals surface area contributed by atoms with Crippen LogP contribution in [0.5, 0.6) is 5.75 Å². The van der Waals surface area contributed by atoms with Crippen molar-refractivity contribution < 1.29 is 9.53 Å². The number of anilines is 1. The summed E-state index contributed by atoms with van der Waals surface area (Å²) in [4.78, 5) is 12.6. The smallest absolute Gasteiger partial charge is 0.255 e. The molecule has 0 atom stereocenters. The summed E-state index contributed by atoms with van der Waals surface area (Å²) in [6, 6.07) is 14.8. The lowest BCUT2D eigenvalue weighted by atomic mass is 10.1. The molecule has 1 N–H and O–H groups in total. The Morgan fingerprint density at radius 2 is 2.04 bits per heavy atom. The molecule has 1 aliphatic heterocycles. The quantitative estimate of drug-likeness (QED) is 0.798. The summed E-state index contributed by atoms with van der Waals surface area (Å²) in [5.74, 6) is 0.479. The van der Waals surface area contributed by atoms with Crippen LogP contribution in [0.1, 0.15) is 5.56 Å². The molecule has 0 saturated carbocycles. The number of hydrogen-bond donors (Lipinski definition) is 1. The molecule has 1 aliphatic rings. The first kappa shape index (κ1) is 14.8. The summed E-state index contributed by atoms with van der Waals surface area (Å²) in [5, 5.41) is 13.9. The molecule has 25 heavy (non-hydrogen) atoms. The molecule has 0 radical (unpaired) electrons. The Morgan fingerprint density at radius 1 is 1.12 bits per heavy atom. The number of benzene rings is 2. The lowest BCUT2D eigenvalue weighted by Gasteiger charge is -2.07. The maximum Gasteiger partial charge on any atom is 0.255 e. The van der Waals surface area contributed by atoms with E-state index in [1.165, 1.54) is 17.3 Å². The van der Waals surface area contributed by atoms with Crippen molar-refractivity contribution in [2.75, 3.05) is 5.32 Å². The summed E-state index contributed by atoms with van der Waals surface area (Å²) in [6.45, 7) is 0. The number of para-hydroxylation sites is 1. The van der Waals surface area contributed by atoms with Gasteiger partial charge >= 0.3 is 0 Å². The highest BCUT2D eigenvalue weighted by atomic mass is 16.5. The van der Waals surface area contributed by atoms with Crippen LogP contribution >= 0.6 is 0 Å². The second kappa shape index (κ2) is 6.40. The molecule has 7 heteroatoms. The normalized spacial score (nSPS) is 12.6. The third-order valence-corrected chi connectivity index (χ3v) is 3.65. The van der Waals surface area contributed by atoms with Crippen molar-refractivity contribution in [3.63, 3.8) is 0 Å². The van der Waals surface area contributed by atoms with E-state index in [2.05, 4.69) is 20.8 Å². The van der Waals surface area contributed by atoms with Crippen LogP contribution in [0, 0.1) is 0 Å². The lowest BCUT2D eigenvalue weighted by Crippen LogP contribution is -2.13. The second-order valence-electron chi connectivity index (χ2n) is 5.32. The molecule has 122 valence electrons. The first-order valence-electron chi connectivity index (χ1n) is 7.58. The van der Waals surface area contributed by atoms with Crippen molar-refractivity contribution in [2.24, 2.45) is 0 Å². The highest BCUT2D eigenvalue weighted by Crippen LogP contribution is 2.25. The third kappa shape index (κ3) is 3.16. The Kier molecular flexibility index (Phi) is 3.80. The molecular weight excluding hydrogens is 318 g/mol. The minimum Gasteiger partial charge on any atom is -0.464 e. The summed E-state index contributed by atoms with van der Waals surface area (Å²) in [6.07, 6.45) is 6.43. The number of aromatic nitrogens is 4. The van der Waals surface area contributed by atoms with Gasteiger partial charge in [-0.15, -0.1) is 5.10 Å². The van der Waals surface area contributed by atoms with E-state index in [9.17, 15) is 4.79 Å². The van der Waals surface area contributed by atoms with Crippen molar-refractivity contribution in [2.45, 2.75) is 0 Å². The van der Waals surface area contributed by atoms with Gasteiger partial charge in [-0.25, -0.2) is 4.68 Å². The molecule has 2 heterocycles. The maximum absolute atomic E-state index is 12.6. The number of carbonyl (C=O) groups is 1. The van der Waals surface area contributed by atoms with E-state index in [1.54, 1.807) is 24.3 Å². The largest absolute Gasteiger partial charge is 0.464 e. The van der Waals surface area contributed by atoms with Gasteiger partial charge in [-0.1, -0.05) is 24.3 Å². The minimum atomic E-state index is -0.231. The zero-order chi connectivity index (χ0) is 17.1. The zero-order valence-corrected chi connectivity index (χ0v) is 13.0. The van der Waals surface area contributed by atoms with E-state index in [-0.39, 0.29) is 5.91 Å². The fraction of sp³-hybridized carbons (Fsp3) is 0. The Labute approximate surface area is 143 Å². The summed E-state index contributed by atoms with van der Waals surface area (Å²) in [5.41, 5.74) is 2.74. The van der Waals surface area contributed by atoms with Crippen LogP contribution in [0.15, 0.2) is 72.8 Å². The Bertz CT molecular complexity index is 977. The SMILES string of the molecule is O=C(Nc1cccc(-n2cnnn2)c1)C1=Cc2ccccc2OC=C1. The molecule has 1 amide bonds. The first-order chi connectivity index (χ1) is 12.3. The van der Waals surface area contributed by atoms with Crippen molar-refractivity contribution in [3.8, 4) is 11.4 Å². The van der Waals surface area contributed by atoms with Crippen LogP contribution in [-0.4, -0.2) is 26.1 Å². The van der Waals surface area contributed by atoms with Gasteiger partial charge in [0.05, 0.1) is 11.9 Å². The molecule has 3 aromatic rings. The van der Waals surface area contributed by atoms with E-state index in [0.717, 1.165) is 11.3 Å². The molecule has 0 spiro atoms. The van der Waals surface area contributed by atoms with E-state index >= 15 is 0 Å². The average molecular weight is 331 g/mol. The monoisotopic (exact) mass is 331 g/mol. The number of hydrogen-bond acceptors (Lipinski definition) is 5. The lowest BCUT2D eigenvalue weighted by molar-refractivity contribution is -0.112. The van der Waals surface area contributed by atoms with Gasteiger partial charge in [-0.3, -0.25) is 4.79 Å². The number of fused-ring (bicyclic) bond motifs is 1. The van der Waals surface area contributed by atoms with Crippen LogP contribution in [0.3, 0.4) is 0 Å². The van der Waals surface area contributed by atoms with Gasteiger partial charge in [0, 0.05) is 16.8 Å². The van der Waals surface area contributed by atoms with Crippen LogP contribution in [0.2, 0.25) is 0 Å². The number of nitrogens with one attached hydrogen (secondary N) is 1. The van der Waals surface area contributed by atoms with Gasteiger partial charge in [0.1, 0.15) is 12.1 Å². The van der Waals surface area contributed by atoms with Crippen LogP contribution in [0.25, 0.3) is 11.8 Å². The molecule has 0 fully saturated rings. The van der Waals surface area contributed by atoms with Gasteiger partial charge in [-0.05, 0) is 46.8 Å². The predicted molar refractivity (Wildman–Crippen MR) is 92.0 cm³/mol. The molecule has 4 rings (SSSR count). The molecule has 7 nitrogen and oxygen atoms in total. The molecular formula is C18H13N5O2. The standard InChI is InChI=1S/C18H13N5O2/c24-18(14-8-9-25-17-7-2-1-4-13(17)10-14)20-15-5-3-6-16(11-15)23-12-19-21-22-23/h1-12H,(H,20,24). The fourth-order valence-electron chi connectivity index (χ4n) is 2.45. The zero-order valence-electron chi connectivity index (χ0n) is 13.0. The van der Waals surface area contributed by atoms with Gasteiger partial charge in [0.2, 0.25) is 0 Å². The average Bonchev–Trinajstić information content (AvgIpc) is 3.08. The number of rotatable bonds is 3. The molecule has 0 aliphatic carbocycles. The van der Waals surface area contributed by atoms with Crippen LogP contribution in [-0.2, 0) is 4.79 Å². The van der Waals surface area contributed by atoms with Crippen molar-refractivity contribution in [1.29, 1.82) is 0 Å². The van der Waals surface area contributed by atoms with Crippen LogP contribution in [0.4, 0.5) is 5.69 Å². The van der Waals surface area contributed by atoms with Gasteiger partial charge in [0.15, 0.2) is 0 Å². The summed E-state index contributed by atoms with van der Waals surface area (Å²) < 4.78 is 7.03.